The lowest BCUT2D eigenvalue weighted by Crippen LogP contribution is -2.04. The van der Waals surface area contributed by atoms with Crippen molar-refractivity contribution in [3.63, 3.8) is 0 Å². The van der Waals surface area contributed by atoms with Crippen LogP contribution in [0.1, 0.15) is 23.0 Å². The number of ether oxygens (including phenoxy) is 1. The second kappa shape index (κ2) is 6.85. The zero-order valence-electron chi connectivity index (χ0n) is 14.6. The van der Waals surface area contributed by atoms with Gasteiger partial charge in [-0.25, -0.2) is 19.7 Å². The van der Waals surface area contributed by atoms with Gasteiger partial charge in [-0.1, -0.05) is 11.6 Å². The van der Waals surface area contributed by atoms with E-state index in [1.54, 1.807) is 25.1 Å². The van der Waals surface area contributed by atoms with Gasteiger partial charge in [0, 0.05) is 16.6 Å². The van der Waals surface area contributed by atoms with Gasteiger partial charge in [0.2, 0.25) is 5.76 Å². The number of rotatable bonds is 4. The lowest BCUT2D eigenvalue weighted by molar-refractivity contribution is 0.0491. The number of esters is 1. The predicted molar refractivity (Wildman–Crippen MR) is 103 cm³/mol. The Balaban J connectivity index is 1.74. The highest BCUT2D eigenvalue weighted by Gasteiger charge is 2.19. The summed E-state index contributed by atoms with van der Waals surface area (Å²) in [5.74, 6) is 0.278. The van der Waals surface area contributed by atoms with E-state index in [1.165, 1.54) is 6.33 Å². The molecule has 0 atom stereocenters. The Hall–Kier alpha value is -3.19. The molecule has 0 spiro atoms. The number of nitrogens with zero attached hydrogens (tertiary/aromatic N) is 3. The fourth-order valence-corrected chi connectivity index (χ4v) is 2.98. The van der Waals surface area contributed by atoms with E-state index in [4.69, 9.17) is 20.8 Å². The van der Waals surface area contributed by atoms with Gasteiger partial charge in [0.1, 0.15) is 22.6 Å². The molecule has 0 amide bonds. The molecule has 0 radical (unpaired) electrons. The van der Waals surface area contributed by atoms with Crippen molar-refractivity contribution < 1.29 is 13.9 Å². The van der Waals surface area contributed by atoms with Gasteiger partial charge in [0.05, 0.1) is 12.1 Å². The number of hydrogen-bond acceptors (Lipinski definition) is 7. The molecule has 4 aromatic rings. The third-order valence-corrected chi connectivity index (χ3v) is 4.32. The molecule has 4 rings (SSSR count). The molecule has 0 saturated carbocycles. The SMILES string of the molecule is CCOC(=O)c1oc2ccc(Nc3ncnc4ccc(Cl)nc34)cc2c1C. The molecule has 1 N–H and O–H groups in total. The van der Waals surface area contributed by atoms with Crippen LogP contribution < -0.4 is 5.32 Å². The molecule has 0 aliphatic rings. The molecule has 0 bridgehead atoms. The molecule has 0 saturated heterocycles. The van der Waals surface area contributed by atoms with Crippen molar-refractivity contribution in [3.05, 3.63) is 53.1 Å². The molecule has 8 heteroatoms. The number of carbonyl (C=O) groups is 1. The molecule has 27 heavy (non-hydrogen) atoms. The fraction of sp³-hybridized carbons (Fsp3) is 0.158. The Morgan fingerprint density at radius 3 is 2.93 bits per heavy atom. The summed E-state index contributed by atoms with van der Waals surface area (Å²) in [6.07, 6.45) is 1.46. The zero-order valence-corrected chi connectivity index (χ0v) is 15.4. The van der Waals surface area contributed by atoms with Crippen molar-refractivity contribution in [1.29, 1.82) is 0 Å². The molecule has 136 valence electrons. The van der Waals surface area contributed by atoms with Gasteiger partial charge in [-0.05, 0) is 44.2 Å². The largest absolute Gasteiger partial charge is 0.460 e. The molecule has 3 aromatic heterocycles. The number of fused-ring (bicyclic) bond motifs is 2. The van der Waals surface area contributed by atoms with Gasteiger partial charge in [-0.3, -0.25) is 0 Å². The standard InChI is InChI=1S/C19H15ClN4O3/c1-3-26-19(25)17-10(2)12-8-11(4-6-14(12)27-17)23-18-16-13(21-9-22-18)5-7-15(20)24-16/h4-9H,3H2,1-2H3,(H,21,22,23). The lowest BCUT2D eigenvalue weighted by Gasteiger charge is -2.08. The number of aryl methyl sites for hydroxylation is 1. The molecular formula is C19H15ClN4O3. The second-order valence-electron chi connectivity index (χ2n) is 5.84. The van der Waals surface area contributed by atoms with Crippen LogP contribution in [0.3, 0.4) is 0 Å². The minimum Gasteiger partial charge on any atom is -0.460 e. The highest BCUT2D eigenvalue weighted by atomic mass is 35.5. The van der Waals surface area contributed by atoms with E-state index in [0.29, 0.717) is 34.2 Å². The highest BCUT2D eigenvalue weighted by molar-refractivity contribution is 6.29. The van der Waals surface area contributed by atoms with Crippen LogP contribution in [-0.2, 0) is 4.74 Å². The van der Waals surface area contributed by atoms with E-state index in [2.05, 4.69) is 20.3 Å². The smallest absolute Gasteiger partial charge is 0.374 e. The van der Waals surface area contributed by atoms with E-state index < -0.39 is 5.97 Å². The first-order valence-corrected chi connectivity index (χ1v) is 8.69. The normalized spacial score (nSPS) is 11.1. The van der Waals surface area contributed by atoms with Crippen LogP contribution in [0.25, 0.3) is 22.0 Å². The van der Waals surface area contributed by atoms with Crippen molar-refractivity contribution in [1.82, 2.24) is 15.0 Å². The van der Waals surface area contributed by atoms with Gasteiger partial charge in [-0.2, -0.15) is 0 Å². The van der Waals surface area contributed by atoms with Crippen LogP contribution in [0.15, 0.2) is 41.1 Å². The number of anilines is 2. The number of halogens is 1. The highest BCUT2D eigenvalue weighted by Crippen LogP contribution is 2.30. The van der Waals surface area contributed by atoms with Crippen LogP contribution in [0.5, 0.6) is 0 Å². The van der Waals surface area contributed by atoms with E-state index >= 15 is 0 Å². The summed E-state index contributed by atoms with van der Waals surface area (Å²) in [5.41, 5.74) is 3.35. The zero-order chi connectivity index (χ0) is 19.0. The Morgan fingerprint density at radius 2 is 2.11 bits per heavy atom. The number of furan rings is 1. The summed E-state index contributed by atoms with van der Waals surface area (Å²) in [7, 11) is 0. The molecule has 0 unspecified atom stereocenters. The molecule has 0 aliphatic carbocycles. The summed E-state index contributed by atoms with van der Waals surface area (Å²) < 4.78 is 10.7. The van der Waals surface area contributed by atoms with Crippen molar-refractivity contribution in [2.45, 2.75) is 13.8 Å². The molecule has 1 aromatic carbocycles. The van der Waals surface area contributed by atoms with Gasteiger partial charge >= 0.3 is 5.97 Å². The molecule has 3 heterocycles. The number of nitrogens with one attached hydrogen (secondary N) is 1. The number of benzene rings is 1. The van der Waals surface area contributed by atoms with Gasteiger partial charge < -0.3 is 14.5 Å². The van der Waals surface area contributed by atoms with Crippen LogP contribution in [0, 0.1) is 6.92 Å². The molecular weight excluding hydrogens is 368 g/mol. The van der Waals surface area contributed by atoms with Crippen LogP contribution in [0.4, 0.5) is 11.5 Å². The van der Waals surface area contributed by atoms with E-state index in [1.807, 2.05) is 19.1 Å². The molecule has 0 fully saturated rings. The van der Waals surface area contributed by atoms with Crippen molar-refractivity contribution in [2.24, 2.45) is 0 Å². The van der Waals surface area contributed by atoms with E-state index in [0.717, 1.165) is 16.6 Å². The van der Waals surface area contributed by atoms with E-state index in [9.17, 15) is 4.79 Å². The van der Waals surface area contributed by atoms with Crippen LogP contribution in [0.2, 0.25) is 5.15 Å². The number of carbonyl (C=O) groups excluding carboxylic acids is 1. The third-order valence-electron chi connectivity index (χ3n) is 4.11. The maximum atomic E-state index is 12.0. The second-order valence-corrected chi connectivity index (χ2v) is 6.22. The van der Waals surface area contributed by atoms with Crippen molar-refractivity contribution in [2.75, 3.05) is 11.9 Å². The monoisotopic (exact) mass is 382 g/mol. The van der Waals surface area contributed by atoms with E-state index in [-0.39, 0.29) is 5.76 Å². The Labute approximate surface area is 159 Å². The predicted octanol–water partition coefficient (Wildman–Crippen LogP) is 4.65. The Morgan fingerprint density at radius 1 is 1.26 bits per heavy atom. The topological polar surface area (TPSA) is 90.1 Å². The summed E-state index contributed by atoms with van der Waals surface area (Å²) in [6.45, 7) is 3.87. The lowest BCUT2D eigenvalue weighted by atomic mass is 10.1. The van der Waals surface area contributed by atoms with Gasteiger partial charge in [0.25, 0.3) is 0 Å². The first kappa shape index (κ1) is 17.2. The van der Waals surface area contributed by atoms with Gasteiger partial charge in [-0.15, -0.1) is 0 Å². The quantitative estimate of drug-likeness (QED) is 0.405. The third kappa shape index (κ3) is 3.17. The first-order chi connectivity index (χ1) is 13.1. The summed E-state index contributed by atoms with van der Waals surface area (Å²) in [4.78, 5) is 24.8. The fourth-order valence-electron chi connectivity index (χ4n) is 2.83. The average molecular weight is 383 g/mol. The summed E-state index contributed by atoms with van der Waals surface area (Å²) in [6, 6.07) is 8.97. The Bertz CT molecular complexity index is 1170. The van der Waals surface area contributed by atoms with Gasteiger partial charge in [0.15, 0.2) is 5.82 Å². The van der Waals surface area contributed by atoms with Crippen LogP contribution >= 0.6 is 11.6 Å². The molecule has 7 nitrogen and oxygen atoms in total. The number of pyridine rings is 1. The minimum absolute atomic E-state index is 0.213. The maximum Gasteiger partial charge on any atom is 0.374 e. The summed E-state index contributed by atoms with van der Waals surface area (Å²) in [5, 5.41) is 4.40. The maximum absolute atomic E-state index is 12.0. The van der Waals surface area contributed by atoms with Crippen LogP contribution in [-0.4, -0.2) is 27.5 Å². The average Bonchev–Trinajstić information content (AvgIpc) is 2.99. The first-order valence-electron chi connectivity index (χ1n) is 8.31. The Kier molecular flexibility index (Phi) is 4.37. The van der Waals surface area contributed by atoms with Crippen molar-refractivity contribution in [3.8, 4) is 0 Å². The number of aromatic nitrogens is 3. The molecule has 0 aliphatic heterocycles. The minimum atomic E-state index is -0.471. The number of hydrogen-bond donors (Lipinski definition) is 1. The van der Waals surface area contributed by atoms with Crippen molar-refractivity contribution >= 4 is 51.1 Å². The summed E-state index contributed by atoms with van der Waals surface area (Å²) >= 11 is 6.00.